The van der Waals surface area contributed by atoms with Gasteiger partial charge in [0.2, 0.25) is 0 Å². The van der Waals surface area contributed by atoms with Crippen LogP contribution in [0.3, 0.4) is 0 Å². The number of benzene rings is 2. The largest absolute Gasteiger partial charge is 0.351 e. The number of amides is 3. The Morgan fingerprint density at radius 2 is 1.80 bits per heavy atom. The Labute approximate surface area is 145 Å². The number of nitrogens with two attached hydrogens (primary N) is 1. The number of carbonyl (C=O) groups excluding carboxylic acids is 2. The van der Waals surface area contributed by atoms with Crippen molar-refractivity contribution in [3.05, 3.63) is 71.4 Å². The fourth-order valence-corrected chi connectivity index (χ4v) is 2.62. The molecule has 126 valence electrons. The maximum Gasteiger partial charge on any atom is 0.316 e. The van der Waals surface area contributed by atoms with Crippen molar-refractivity contribution < 1.29 is 9.59 Å². The van der Waals surface area contributed by atoms with Crippen molar-refractivity contribution in [1.82, 2.24) is 10.3 Å². The van der Waals surface area contributed by atoms with E-state index in [0.29, 0.717) is 17.8 Å². The number of hydrogen-bond donors (Lipinski definition) is 3. The third-order valence-electron chi connectivity index (χ3n) is 3.76. The number of aromatic nitrogens is 1. The normalized spacial score (nSPS) is 10.4. The molecule has 1 heterocycles. The van der Waals surface area contributed by atoms with Gasteiger partial charge in [-0.1, -0.05) is 30.3 Å². The van der Waals surface area contributed by atoms with E-state index in [1.54, 1.807) is 18.2 Å². The van der Waals surface area contributed by atoms with Crippen molar-refractivity contribution in [3.8, 4) is 0 Å². The average Bonchev–Trinajstić information content (AvgIpc) is 2.59. The third kappa shape index (κ3) is 3.92. The SMILES string of the molecule is Cc1cc(C(=O)NCc2ccc(NC(N)=O)cc2)c2ccccc2n1. The van der Waals surface area contributed by atoms with Gasteiger partial charge in [-0.15, -0.1) is 0 Å². The van der Waals surface area contributed by atoms with E-state index < -0.39 is 6.03 Å². The molecule has 0 atom stereocenters. The maximum atomic E-state index is 12.6. The van der Waals surface area contributed by atoms with Gasteiger partial charge in [-0.25, -0.2) is 4.79 Å². The van der Waals surface area contributed by atoms with Gasteiger partial charge in [-0.2, -0.15) is 0 Å². The lowest BCUT2D eigenvalue weighted by Crippen LogP contribution is -2.23. The van der Waals surface area contributed by atoms with Gasteiger partial charge < -0.3 is 16.4 Å². The van der Waals surface area contributed by atoms with Gasteiger partial charge in [-0.3, -0.25) is 9.78 Å². The molecule has 6 nitrogen and oxygen atoms in total. The number of para-hydroxylation sites is 1. The van der Waals surface area contributed by atoms with Crippen molar-refractivity contribution in [1.29, 1.82) is 0 Å². The standard InChI is InChI=1S/C19H18N4O2/c1-12-10-16(15-4-2-3-5-17(15)22-12)18(24)21-11-13-6-8-14(9-7-13)23-19(20)25/h2-10H,11H2,1H3,(H,21,24)(H3,20,23,25). The molecule has 0 saturated carbocycles. The molecule has 0 radical (unpaired) electrons. The summed E-state index contributed by atoms with van der Waals surface area (Å²) < 4.78 is 0. The highest BCUT2D eigenvalue weighted by Crippen LogP contribution is 2.18. The van der Waals surface area contributed by atoms with Gasteiger partial charge in [0.05, 0.1) is 11.1 Å². The molecule has 0 fully saturated rings. The molecule has 2 aromatic carbocycles. The first-order valence-electron chi connectivity index (χ1n) is 7.83. The van der Waals surface area contributed by atoms with Crippen molar-refractivity contribution in [3.63, 3.8) is 0 Å². The summed E-state index contributed by atoms with van der Waals surface area (Å²) in [5.41, 5.74) is 8.80. The van der Waals surface area contributed by atoms with Crippen molar-refractivity contribution in [2.45, 2.75) is 13.5 Å². The van der Waals surface area contributed by atoms with E-state index in [1.807, 2.05) is 43.3 Å². The summed E-state index contributed by atoms with van der Waals surface area (Å²) in [4.78, 5) is 27.8. The molecule has 3 aromatic rings. The second kappa shape index (κ2) is 7.00. The second-order valence-corrected chi connectivity index (χ2v) is 5.70. The first-order valence-corrected chi connectivity index (χ1v) is 7.83. The average molecular weight is 334 g/mol. The fourth-order valence-electron chi connectivity index (χ4n) is 2.62. The maximum absolute atomic E-state index is 12.6. The summed E-state index contributed by atoms with van der Waals surface area (Å²) in [6.45, 7) is 2.25. The highest BCUT2D eigenvalue weighted by atomic mass is 16.2. The Morgan fingerprint density at radius 1 is 1.08 bits per heavy atom. The number of urea groups is 1. The van der Waals surface area contributed by atoms with Crippen LogP contribution in [0.2, 0.25) is 0 Å². The van der Waals surface area contributed by atoms with E-state index in [1.165, 1.54) is 0 Å². The minimum atomic E-state index is -0.610. The van der Waals surface area contributed by atoms with E-state index in [4.69, 9.17) is 5.73 Å². The van der Waals surface area contributed by atoms with Crippen LogP contribution in [0.5, 0.6) is 0 Å². The predicted octanol–water partition coefficient (Wildman–Crippen LogP) is 2.96. The molecule has 3 rings (SSSR count). The lowest BCUT2D eigenvalue weighted by Gasteiger charge is -2.10. The predicted molar refractivity (Wildman–Crippen MR) is 97.3 cm³/mol. The molecule has 0 aliphatic carbocycles. The molecule has 0 saturated heterocycles. The van der Waals surface area contributed by atoms with Crippen LogP contribution in [0.1, 0.15) is 21.6 Å². The van der Waals surface area contributed by atoms with Gasteiger partial charge in [0.1, 0.15) is 0 Å². The Morgan fingerprint density at radius 3 is 2.52 bits per heavy atom. The summed E-state index contributed by atoms with van der Waals surface area (Å²) >= 11 is 0. The highest BCUT2D eigenvalue weighted by molar-refractivity contribution is 6.06. The number of fused-ring (bicyclic) bond motifs is 1. The summed E-state index contributed by atoms with van der Waals surface area (Å²) in [5, 5.41) is 6.24. The van der Waals surface area contributed by atoms with Crippen LogP contribution in [0.25, 0.3) is 10.9 Å². The minimum absolute atomic E-state index is 0.152. The van der Waals surface area contributed by atoms with Crippen molar-refractivity contribution >= 4 is 28.5 Å². The van der Waals surface area contributed by atoms with Crippen LogP contribution in [0.15, 0.2) is 54.6 Å². The smallest absolute Gasteiger partial charge is 0.316 e. The number of aryl methyl sites for hydroxylation is 1. The molecule has 0 bridgehead atoms. The summed E-state index contributed by atoms with van der Waals surface area (Å²) in [7, 11) is 0. The minimum Gasteiger partial charge on any atom is -0.351 e. The quantitative estimate of drug-likeness (QED) is 0.684. The molecule has 25 heavy (non-hydrogen) atoms. The first kappa shape index (κ1) is 16.4. The van der Waals surface area contributed by atoms with Crippen LogP contribution >= 0.6 is 0 Å². The zero-order chi connectivity index (χ0) is 17.8. The topological polar surface area (TPSA) is 97.1 Å². The molecule has 3 amide bonds. The van der Waals surface area contributed by atoms with Crippen molar-refractivity contribution in [2.24, 2.45) is 5.73 Å². The number of carbonyl (C=O) groups is 2. The molecule has 4 N–H and O–H groups in total. The molecule has 0 spiro atoms. The van der Waals surface area contributed by atoms with E-state index in [0.717, 1.165) is 22.2 Å². The summed E-state index contributed by atoms with van der Waals surface area (Å²) in [5.74, 6) is -0.152. The van der Waals surface area contributed by atoms with Crippen LogP contribution in [0, 0.1) is 6.92 Å². The van der Waals surface area contributed by atoms with E-state index >= 15 is 0 Å². The number of rotatable bonds is 4. The fraction of sp³-hybridized carbons (Fsp3) is 0.105. The Kier molecular flexibility index (Phi) is 4.61. The van der Waals surface area contributed by atoms with Gasteiger partial charge in [0.25, 0.3) is 5.91 Å². The Hall–Kier alpha value is -3.41. The molecular formula is C19H18N4O2. The van der Waals surface area contributed by atoms with Gasteiger partial charge in [0.15, 0.2) is 0 Å². The van der Waals surface area contributed by atoms with Gasteiger partial charge in [0, 0.05) is 23.3 Å². The number of pyridine rings is 1. The molecule has 1 aromatic heterocycles. The Balaban J connectivity index is 1.74. The van der Waals surface area contributed by atoms with Crippen LogP contribution < -0.4 is 16.4 Å². The first-order chi connectivity index (χ1) is 12.0. The molecule has 0 aliphatic rings. The number of primary amides is 1. The zero-order valence-electron chi connectivity index (χ0n) is 13.7. The molecular weight excluding hydrogens is 316 g/mol. The van der Waals surface area contributed by atoms with Crippen LogP contribution in [0.4, 0.5) is 10.5 Å². The highest BCUT2D eigenvalue weighted by Gasteiger charge is 2.11. The lowest BCUT2D eigenvalue weighted by molar-refractivity contribution is 0.0952. The summed E-state index contributed by atoms with van der Waals surface area (Å²) in [6, 6.07) is 15.9. The van der Waals surface area contributed by atoms with Crippen molar-refractivity contribution in [2.75, 3.05) is 5.32 Å². The van der Waals surface area contributed by atoms with Gasteiger partial charge >= 0.3 is 6.03 Å². The number of anilines is 1. The monoisotopic (exact) mass is 334 g/mol. The number of nitrogens with zero attached hydrogens (tertiary/aromatic N) is 1. The van der Waals surface area contributed by atoms with E-state index in [2.05, 4.69) is 15.6 Å². The summed E-state index contributed by atoms with van der Waals surface area (Å²) in [6.07, 6.45) is 0. The number of hydrogen-bond acceptors (Lipinski definition) is 3. The van der Waals surface area contributed by atoms with Gasteiger partial charge in [-0.05, 0) is 36.8 Å². The second-order valence-electron chi connectivity index (χ2n) is 5.70. The third-order valence-corrected chi connectivity index (χ3v) is 3.76. The lowest BCUT2D eigenvalue weighted by atomic mass is 10.1. The zero-order valence-corrected chi connectivity index (χ0v) is 13.7. The van der Waals surface area contributed by atoms with Crippen LogP contribution in [-0.4, -0.2) is 16.9 Å². The Bertz CT molecular complexity index is 936. The molecule has 6 heteroatoms. The number of nitrogens with one attached hydrogen (secondary N) is 2. The van der Waals surface area contributed by atoms with E-state index in [-0.39, 0.29) is 5.91 Å². The molecule has 0 unspecified atom stereocenters. The van der Waals surface area contributed by atoms with E-state index in [9.17, 15) is 9.59 Å². The van der Waals surface area contributed by atoms with Crippen LogP contribution in [-0.2, 0) is 6.54 Å². The molecule has 0 aliphatic heterocycles.